The third-order valence-electron chi connectivity index (χ3n) is 1.83. The van der Waals surface area contributed by atoms with Gasteiger partial charge in [-0.3, -0.25) is 4.79 Å². The van der Waals surface area contributed by atoms with Crippen LogP contribution in [0.5, 0.6) is 0 Å². The van der Waals surface area contributed by atoms with Gasteiger partial charge >= 0.3 is 0 Å². The molecule has 0 radical (unpaired) electrons. The molecule has 14 heavy (non-hydrogen) atoms. The van der Waals surface area contributed by atoms with Gasteiger partial charge in [-0.1, -0.05) is 30.3 Å². The molecular weight excluding hydrogens is 194 g/mol. The molecule has 0 aliphatic rings. The normalized spacial score (nSPS) is 11.7. The Kier molecular flexibility index (Phi) is 4.21. The van der Waals surface area contributed by atoms with Crippen molar-refractivity contribution in [2.75, 3.05) is 5.75 Å². The summed E-state index contributed by atoms with van der Waals surface area (Å²) in [5, 5.41) is 8.24. The van der Waals surface area contributed by atoms with Crippen molar-refractivity contribution in [3.8, 4) is 6.07 Å². The Morgan fingerprint density at radius 1 is 1.50 bits per heavy atom. The van der Waals surface area contributed by atoms with Crippen molar-refractivity contribution in [3.05, 3.63) is 35.9 Å². The fourth-order valence-electron chi connectivity index (χ4n) is 1.08. The van der Waals surface area contributed by atoms with Gasteiger partial charge in [0.15, 0.2) is 5.78 Å². The molecule has 1 rings (SSSR count). The predicted octanol–water partition coefficient (Wildman–Crippen LogP) is 2.51. The van der Waals surface area contributed by atoms with Crippen LogP contribution in [0, 0.1) is 11.3 Å². The van der Waals surface area contributed by atoms with Crippen LogP contribution in [0.1, 0.15) is 17.3 Å². The van der Waals surface area contributed by atoms with E-state index in [1.165, 1.54) is 11.8 Å². The number of carbonyl (C=O) groups is 1. The maximum atomic E-state index is 11.7. The lowest BCUT2D eigenvalue weighted by atomic mass is 10.1. The second-order valence-corrected chi connectivity index (χ2v) is 4.17. The minimum Gasteiger partial charge on any atom is -0.293 e. The minimum absolute atomic E-state index is 0.0888. The summed E-state index contributed by atoms with van der Waals surface area (Å²) in [6.07, 6.45) is 0. The molecule has 0 spiro atoms. The Balaban J connectivity index is 2.63. The number of hydrogen-bond acceptors (Lipinski definition) is 3. The van der Waals surface area contributed by atoms with Crippen molar-refractivity contribution < 1.29 is 4.79 Å². The van der Waals surface area contributed by atoms with Gasteiger partial charge in [-0.05, 0) is 6.92 Å². The lowest BCUT2D eigenvalue weighted by molar-refractivity contribution is 0.0994. The van der Waals surface area contributed by atoms with Gasteiger partial charge in [0.05, 0.1) is 17.1 Å². The van der Waals surface area contributed by atoms with Crippen molar-refractivity contribution in [2.45, 2.75) is 12.2 Å². The minimum atomic E-state index is -0.142. The standard InChI is InChI=1S/C11H11NOS/c1-9(14-8-7-12)11(13)10-5-3-2-4-6-10/h2-6,9H,8H2,1H3. The van der Waals surface area contributed by atoms with Crippen LogP contribution in [-0.4, -0.2) is 16.8 Å². The van der Waals surface area contributed by atoms with Crippen molar-refractivity contribution in [1.29, 1.82) is 5.26 Å². The van der Waals surface area contributed by atoms with E-state index in [9.17, 15) is 4.79 Å². The number of Topliss-reactive ketones (excluding diaryl/α,β-unsaturated/α-hetero) is 1. The van der Waals surface area contributed by atoms with E-state index in [0.717, 1.165) is 0 Å². The van der Waals surface area contributed by atoms with Gasteiger partial charge < -0.3 is 0 Å². The number of hydrogen-bond donors (Lipinski definition) is 0. The Morgan fingerprint density at radius 3 is 2.71 bits per heavy atom. The van der Waals surface area contributed by atoms with E-state index >= 15 is 0 Å². The molecule has 1 unspecified atom stereocenters. The quantitative estimate of drug-likeness (QED) is 0.709. The smallest absolute Gasteiger partial charge is 0.175 e. The predicted molar refractivity (Wildman–Crippen MR) is 58.3 cm³/mol. The highest BCUT2D eigenvalue weighted by molar-refractivity contribution is 8.00. The van der Waals surface area contributed by atoms with Gasteiger partial charge in [-0.15, -0.1) is 11.8 Å². The highest BCUT2D eigenvalue weighted by Crippen LogP contribution is 2.15. The van der Waals surface area contributed by atoms with Crippen molar-refractivity contribution in [1.82, 2.24) is 0 Å². The summed E-state index contributed by atoms with van der Waals surface area (Å²) in [5.74, 6) is 0.450. The first kappa shape index (κ1) is 10.8. The summed E-state index contributed by atoms with van der Waals surface area (Å²) in [6, 6.07) is 11.2. The first-order chi connectivity index (χ1) is 6.75. The molecule has 1 aromatic rings. The van der Waals surface area contributed by atoms with Gasteiger partial charge in [-0.2, -0.15) is 5.26 Å². The van der Waals surface area contributed by atoms with Crippen LogP contribution in [0.2, 0.25) is 0 Å². The van der Waals surface area contributed by atoms with E-state index in [4.69, 9.17) is 5.26 Å². The first-order valence-corrected chi connectivity index (χ1v) is 5.38. The zero-order chi connectivity index (χ0) is 10.4. The van der Waals surface area contributed by atoms with Gasteiger partial charge in [0.1, 0.15) is 0 Å². The maximum Gasteiger partial charge on any atom is 0.175 e. The first-order valence-electron chi connectivity index (χ1n) is 4.33. The number of carbonyl (C=O) groups excluding carboxylic acids is 1. The van der Waals surface area contributed by atoms with Gasteiger partial charge in [-0.25, -0.2) is 0 Å². The second-order valence-electron chi connectivity index (χ2n) is 2.84. The van der Waals surface area contributed by atoms with E-state index in [-0.39, 0.29) is 11.0 Å². The van der Waals surface area contributed by atoms with Crippen LogP contribution >= 0.6 is 11.8 Å². The summed E-state index contributed by atoms with van der Waals surface area (Å²) < 4.78 is 0. The highest BCUT2D eigenvalue weighted by atomic mass is 32.2. The topological polar surface area (TPSA) is 40.9 Å². The molecule has 2 nitrogen and oxygen atoms in total. The molecule has 0 aliphatic heterocycles. The summed E-state index contributed by atoms with van der Waals surface area (Å²) >= 11 is 1.37. The fourth-order valence-corrected chi connectivity index (χ4v) is 1.69. The molecule has 0 bridgehead atoms. The Morgan fingerprint density at radius 2 is 2.14 bits per heavy atom. The molecule has 0 heterocycles. The number of ketones is 1. The molecule has 1 aromatic carbocycles. The average molecular weight is 205 g/mol. The molecule has 72 valence electrons. The van der Waals surface area contributed by atoms with Crippen LogP contribution < -0.4 is 0 Å². The van der Waals surface area contributed by atoms with Gasteiger partial charge in [0.2, 0.25) is 0 Å². The monoisotopic (exact) mass is 205 g/mol. The number of rotatable bonds is 4. The largest absolute Gasteiger partial charge is 0.293 e. The molecule has 0 amide bonds. The van der Waals surface area contributed by atoms with Crippen LogP contribution in [0.3, 0.4) is 0 Å². The fraction of sp³-hybridized carbons (Fsp3) is 0.273. The molecule has 1 atom stereocenters. The highest BCUT2D eigenvalue weighted by Gasteiger charge is 2.14. The van der Waals surface area contributed by atoms with Crippen molar-refractivity contribution in [3.63, 3.8) is 0 Å². The third kappa shape index (κ3) is 2.90. The molecule has 0 saturated heterocycles. The van der Waals surface area contributed by atoms with E-state index < -0.39 is 0 Å². The van der Waals surface area contributed by atoms with Crippen LogP contribution in [0.15, 0.2) is 30.3 Å². The molecule has 0 saturated carbocycles. The molecule has 3 heteroatoms. The number of thioether (sulfide) groups is 1. The van der Waals surface area contributed by atoms with Crippen LogP contribution in [-0.2, 0) is 0 Å². The lowest BCUT2D eigenvalue weighted by Gasteiger charge is -2.07. The second kappa shape index (κ2) is 5.46. The molecule has 0 aromatic heterocycles. The molecule has 0 N–H and O–H groups in total. The molecule has 0 aliphatic carbocycles. The number of nitrogens with zero attached hydrogens (tertiary/aromatic N) is 1. The zero-order valence-corrected chi connectivity index (χ0v) is 8.75. The van der Waals surface area contributed by atoms with E-state index in [1.807, 2.05) is 31.2 Å². The molecular formula is C11H11NOS. The Hall–Kier alpha value is -1.27. The van der Waals surface area contributed by atoms with E-state index in [2.05, 4.69) is 0 Å². The lowest BCUT2D eigenvalue weighted by Crippen LogP contribution is -2.13. The van der Waals surface area contributed by atoms with Crippen LogP contribution in [0.25, 0.3) is 0 Å². The zero-order valence-electron chi connectivity index (χ0n) is 7.93. The Bertz CT molecular complexity index is 342. The average Bonchev–Trinajstić information content (AvgIpc) is 2.26. The number of benzene rings is 1. The summed E-state index contributed by atoms with van der Waals surface area (Å²) in [4.78, 5) is 11.7. The Labute approximate surface area is 87.9 Å². The van der Waals surface area contributed by atoms with Gasteiger partial charge in [0.25, 0.3) is 0 Å². The van der Waals surface area contributed by atoms with E-state index in [0.29, 0.717) is 11.3 Å². The van der Waals surface area contributed by atoms with Crippen LogP contribution in [0.4, 0.5) is 0 Å². The van der Waals surface area contributed by atoms with Gasteiger partial charge in [0, 0.05) is 5.56 Å². The van der Waals surface area contributed by atoms with Crippen molar-refractivity contribution >= 4 is 17.5 Å². The van der Waals surface area contributed by atoms with Crippen molar-refractivity contribution in [2.24, 2.45) is 0 Å². The SMILES string of the molecule is CC(SCC#N)C(=O)c1ccccc1. The number of nitriles is 1. The maximum absolute atomic E-state index is 11.7. The molecule has 0 fully saturated rings. The third-order valence-corrected chi connectivity index (χ3v) is 2.84. The summed E-state index contributed by atoms with van der Waals surface area (Å²) in [7, 11) is 0. The summed E-state index contributed by atoms with van der Waals surface area (Å²) in [6.45, 7) is 1.83. The summed E-state index contributed by atoms with van der Waals surface area (Å²) in [5.41, 5.74) is 0.713. The van der Waals surface area contributed by atoms with E-state index in [1.54, 1.807) is 12.1 Å².